The molecule has 0 saturated heterocycles. The van der Waals surface area contributed by atoms with Crippen LogP contribution in [0.1, 0.15) is 13.3 Å². The Morgan fingerprint density at radius 2 is 1.85 bits per heavy atom. The van der Waals surface area contributed by atoms with Crippen molar-refractivity contribution in [3.8, 4) is 0 Å². The second-order valence-electron chi connectivity index (χ2n) is 4.16. The molecule has 2 amide bonds. The third-order valence-electron chi connectivity index (χ3n) is 2.58. The van der Waals surface area contributed by atoms with E-state index in [1.807, 2.05) is 0 Å². The lowest BCUT2D eigenvalue weighted by atomic mass is 10.3. The highest BCUT2D eigenvalue weighted by Crippen LogP contribution is 2.14. The van der Waals surface area contributed by atoms with Crippen molar-refractivity contribution < 1.29 is 18.0 Å². The molecule has 3 N–H and O–H groups in total. The second kappa shape index (κ2) is 6.71. The third kappa shape index (κ3) is 4.50. The van der Waals surface area contributed by atoms with Crippen molar-refractivity contribution in [1.29, 1.82) is 0 Å². The zero-order valence-electron chi connectivity index (χ0n) is 10.8. The van der Waals surface area contributed by atoms with Gasteiger partial charge in [-0.25, -0.2) is 8.42 Å². The first-order valence-corrected chi connectivity index (χ1v) is 7.92. The van der Waals surface area contributed by atoms with Crippen LogP contribution in [0.2, 0.25) is 5.02 Å². The summed E-state index contributed by atoms with van der Waals surface area (Å²) >= 11 is 5.69. The highest BCUT2D eigenvalue weighted by molar-refractivity contribution is 7.93. The number of carbonyl (C=O) groups excluding carboxylic acids is 2. The van der Waals surface area contributed by atoms with E-state index in [-0.39, 0.29) is 6.42 Å². The Labute approximate surface area is 122 Å². The number of nitrogens with two attached hydrogens (primary N) is 1. The fraction of sp³-hybridized carbons (Fsp3) is 0.333. The Balaban J connectivity index is 2.75. The van der Waals surface area contributed by atoms with Gasteiger partial charge in [-0.2, -0.15) is 0 Å². The molecule has 1 unspecified atom stereocenters. The highest BCUT2D eigenvalue weighted by Gasteiger charge is 2.31. The topological polar surface area (TPSA) is 106 Å². The molecule has 1 rings (SSSR count). The summed E-state index contributed by atoms with van der Waals surface area (Å²) < 4.78 is 23.8. The summed E-state index contributed by atoms with van der Waals surface area (Å²) in [5.41, 5.74) is 5.43. The molecule has 0 radical (unpaired) electrons. The first kappa shape index (κ1) is 16.5. The SMILES string of the molecule is CCC(C(N)=O)S(=O)(=O)CC(=O)Nc1ccc(Cl)cc1. The summed E-state index contributed by atoms with van der Waals surface area (Å²) in [6.07, 6.45) is 0.0336. The Bertz CT molecular complexity index is 598. The number of benzene rings is 1. The van der Waals surface area contributed by atoms with Crippen LogP contribution in [0.5, 0.6) is 0 Å². The maximum atomic E-state index is 11.9. The van der Waals surface area contributed by atoms with Gasteiger partial charge in [0.1, 0.15) is 11.0 Å². The first-order chi connectivity index (χ1) is 9.26. The van der Waals surface area contributed by atoms with Crippen LogP contribution in [-0.4, -0.2) is 31.2 Å². The molecule has 0 aliphatic carbocycles. The first-order valence-electron chi connectivity index (χ1n) is 5.82. The quantitative estimate of drug-likeness (QED) is 0.814. The lowest BCUT2D eigenvalue weighted by Crippen LogP contribution is -2.39. The van der Waals surface area contributed by atoms with E-state index in [4.69, 9.17) is 17.3 Å². The molecule has 0 saturated carbocycles. The molecule has 20 heavy (non-hydrogen) atoms. The number of amides is 2. The molecule has 0 spiro atoms. The van der Waals surface area contributed by atoms with Gasteiger partial charge in [-0.1, -0.05) is 18.5 Å². The Kier molecular flexibility index (Phi) is 5.52. The second-order valence-corrected chi connectivity index (χ2v) is 6.78. The lowest BCUT2D eigenvalue weighted by molar-refractivity contribution is -0.117. The minimum Gasteiger partial charge on any atom is -0.369 e. The number of rotatable bonds is 6. The molecule has 6 nitrogen and oxygen atoms in total. The van der Waals surface area contributed by atoms with Crippen LogP contribution in [0.3, 0.4) is 0 Å². The van der Waals surface area contributed by atoms with Crippen molar-refractivity contribution in [2.45, 2.75) is 18.6 Å². The minimum absolute atomic E-state index is 0.0336. The summed E-state index contributed by atoms with van der Waals surface area (Å²) in [5, 5.41) is 1.56. The van der Waals surface area contributed by atoms with Crippen LogP contribution < -0.4 is 11.1 Å². The van der Waals surface area contributed by atoms with E-state index in [0.29, 0.717) is 10.7 Å². The summed E-state index contributed by atoms with van der Waals surface area (Å²) in [5.74, 6) is -2.48. The smallest absolute Gasteiger partial charge is 0.239 e. The highest BCUT2D eigenvalue weighted by atomic mass is 35.5. The number of primary amides is 1. The maximum Gasteiger partial charge on any atom is 0.239 e. The molecule has 1 aromatic rings. The largest absolute Gasteiger partial charge is 0.369 e. The average molecular weight is 319 g/mol. The Morgan fingerprint density at radius 1 is 1.30 bits per heavy atom. The van der Waals surface area contributed by atoms with Gasteiger partial charge in [0.2, 0.25) is 11.8 Å². The number of nitrogens with one attached hydrogen (secondary N) is 1. The monoisotopic (exact) mass is 318 g/mol. The van der Waals surface area contributed by atoms with E-state index in [9.17, 15) is 18.0 Å². The van der Waals surface area contributed by atoms with Crippen LogP contribution in [-0.2, 0) is 19.4 Å². The van der Waals surface area contributed by atoms with Crippen LogP contribution in [0.15, 0.2) is 24.3 Å². The fourth-order valence-corrected chi connectivity index (χ4v) is 3.27. The van der Waals surface area contributed by atoms with Crippen molar-refractivity contribution >= 4 is 38.9 Å². The summed E-state index contributed by atoms with van der Waals surface area (Å²) in [7, 11) is -3.91. The standard InChI is InChI=1S/C12H15ClN2O4S/c1-2-10(12(14)17)20(18,19)7-11(16)15-9-5-3-8(13)4-6-9/h3-6,10H,2,7H2,1H3,(H2,14,17)(H,15,16). The van der Waals surface area contributed by atoms with Crippen molar-refractivity contribution in [2.75, 3.05) is 11.1 Å². The van der Waals surface area contributed by atoms with Crippen LogP contribution in [0.25, 0.3) is 0 Å². The normalized spacial score (nSPS) is 12.7. The van der Waals surface area contributed by atoms with Gasteiger partial charge in [-0.15, -0.1) is 0 Å². The van der Waals surface area contributed by atoms with Crippen molar-refractivity contribution in [2.24, 2.45) is 5.73 Å². The molecule has 110 valence electrons. The van der Waals surface area contributed by atoms with Crippen LogP contribution >= 0.6 is 11.6 Å². The van der Waals surface area contributed by atoms with Gasteiger partial charge in [-0.05, 0) is 30.7 Å². The molecule has 0 aromatic heterocycles. The van der Waals surface area contributed by atoms with Gasteiger partial charge in [0.15, 0.2) is 9.84 Å². The molecule has 0 aliphatic heterocycles. The molecule has 0 fully saturated rings. The van der Waals surface area contributed by atoms with Gasteiger partial charge in [0.25, 0.3) is 0 Å². The number of hydrogen-bond donors (Lipinski definition) is 2. The molecule has 0 bridgehead atoms. The number of sulfone groups is 1. The third-order valence-corrected chi connectivity index (χ3v) is 4.93. The predicted octanol–water partition coefficient (Wildman–Crippen LogP) is 0.957. The molecular weight excluding hydrogens is 304 g/mol. The van der Waals surface area contributed by atoms with Crippen molar-refractivity contribution in [3.05, 3.63) is 29.3 Å². The van der Waals surface area contributed by atoms with Crippen molar-refractivity contribution in [1.82, 2.24) is 0 Å². The van der Waals surface area contributed by atoms with E-state index in [1.54, 1.807) is 12.1 Å². The van der Waals surface area contributed by atoms with E-state index >= 15 is 0 Å². The summed E-state index contributed by atoms with van der Waals surface area (Å²) in [4.78, 5) is 22.7. The zero-order chi connectivity index (χ0) is 15.3. The van der Waals surface area contributed by atoms with Crippen LogP contribution in [0, 0.1) is 0 Å². The predicted molar refractivity (Wildman–Crippen MR) is 77.1 cm³/mol. The number of anilines is 1. The number of halogens is 1. The van der Waals surface area contributed by atoms with Gasteiger partial charge < -0.3 is 11.1 Å². The minimum atomic E-state index is -3.91. The van der Waals surface area contributed by atoms with E-state index in [2.05, 4.69) is 5.32 Å². The zero-order valence-corrected chi connectivity index (χ0v) is 12.4. The summed E-state index contributed by atoms with van der Waals surface area (Å²) in [6, 6.07) is 6.20. The van der Waals surface area contributed by atoms with Gasteiger partial charge in [0, 0.05) is 10.7 Å². The van der Waals surface area contributed by atoms with Gasteiger partial charge in [-0.3, -0.25) is 9.59 Å². The summed E-state index contributed by atoms with van der Waals surface area (Å²) in [6.45, 7) is 1.52. The molecular formula is C12H15ClN2O4S. The van der Waals surface area contributed by atoms with Gasteiger partial charge in [0.05, 0.1) is 0 Å². The van der Waals surface area contributed by atoms with Crippen molar-refractivity contribution in [3.63, 3.8) is 0 Å². The molecule has 1 aromatic carbocycles. The molecule has 1 atom stereocenters. The number of carbonyl (C=O) groups is 2. The maximum absolute atomic E-state index is 11.9. The van der Waals surface area contributed by atoms with E-state index in [0.717, 1.165) is 0 Å². The molecule has 8 heteroatoms. The Morgan fingerprint density at radius 3 is 2.30 bits per heavy atom. The Hall–Kier alpha value is -1.60. The number of hydrogen-bond acceptors (Lipinski definition) is 4. The molecule has 0 aliphatic rings. The lowest BCUT2D eigenvalue weighted by Gasteiger charge is -2.12. The fourth-order valence-electron chi connectivity index (χ4n) is 1.65. The van der Waals surface area contributed by atoms with E-state index < -0.39 is 32.7 Å². The average Bonchev–Trinajstić information content (AvgIpc) is 2.31. The molecule has 0 heterocycles. The van der Waals surface area contributed by atoms with Gasteiger partial charge >= 0.3 is 0 Å². The van der Waals surface area contributed by atoms with Crippen LogP contribution in [0.4, 0.5) is 5.69 Å². The van der Waals surface area contributed by atoms with E-state index in [1.165, 1.54) is 19.1 Å².